The van der Waals surface area contributed by atoms with E-state index in [0.29, 0.717) is 19.6 Å². The van der Waals surface area contributed by atoms with Crippen molar-refractivity contribution in [3.63, 3.8) is 0 Å². The van der Waals surface area contributed by atoms with Crippen LogP contribution in [0.2, 0.25) is 0 Å². The lowest BCUT2D eigenvalue weighted by Crippen LogP contribution is -2.43. The summed E-state index contributed by atoms with van der Waals surface area (Å²) in [6.45, 7) is 1.25. The molecule has 0 bridgehead atoms. The number of benzene rings is 1. The number of carbonyl (C=O) groups excluding carboxylic acids is 1. The first-order chi connectivity index (χ1) is 9.95. The normalized spacial score (nSPS) is 17.7. The standard InChI is InChI=1S/C15H19F3N2O/c16-15(17,18)13-6-8-20(9-7-13)11-14(21)19-10-12-4-2-1-3-5-12/h1-5,13H,6-11H2,(H,19,21). The van der Waals surface area contributed by atoms with Crippen LogP contribution < -0.4 is 5.32 Å². The zero-order valence-electron chi connectivity index (χ0n) is 11.7. The SMILES string of the molecule is O=C(CN1CCC(C(F)(F)F)CC1)NCc1ccccc1. The van der Waals surface area contributed by atoms with E-state index in [1.54, 1.807) is 4.90 Å². The van der Waals surface area contributed by atoms with Crippen LogP contribution in [0.15, 0.2) is 30.3 Å². The van der Waals surface area contributed by atoms with Gasteiger partial charge in [-0.25, -0.2) is 0 Å². The van der Waals surface area contributed by atoms with E-state index in [1.807, 2.05) is 30.3 Å². The van der Waals surface area contributed by atoms with Crippen LogP contribution in [-0.4, -0.2) is 36.6 Å². The second kappa shape index (κ2) is 6.93. The molecule has 0 spiro atoms. The minimum absolute atomic E-state index is 0.0788. The van der Waals surface area contributed by atoms with Crippen molar-refractivity contribution in [2.24, 2.45) is 5.92 Å². The van der Waals surface area contributed by atoms with Crippen molar-refractivity contribution in [2.75, 3.05) is 19.6 Å². The Bertz CT molecular complexity index is 454. The Kier molecular flexibility index (Phi) is 5.22. The molecule has 2 rings (SSSR count). The van der Waals surface area contributed by atoms with Crippen LogP contribution in [-0.2, 0) is 11.3 Å². The fourth-order valence-electron chi connectivity index (χ4n) is 2.47. The summed E-state index contributed by atoms with van der Waals surface area (Å²) in [6, 6.07) is 9.51. The average Bonchev–Trinajstić information content (AvgIpc) is 2.46. The van der Waals surface area contributed by atoms with Gasteiger partial charge in [0.05, 0.1) is 12.5 Å². The van der Waals surface area contributed by atoms with Crippen LogP contribution in [0.4, 0.5) is 13.2 Å². The van der Waals surface area contributed by atoms with Crippen LogP contribution in [0.5, 0.6) is 0 Å². The van der Waals surface area contributed by atoms with Gasteiger partial charge in [0.1, 0.15) is 0 Å². The molecule has 1 fully saturated rings. The number of carbonyl (C=O) groups is 1. The summed E-state index contributed by atoms with van der Waals surface area (Å²) in [5.74, 6) is -1.37. The molecule has 1 aromatic carbocycles. The number of nitrogens with one attached hydrogen (secondary N) is 1. The summed E-state index contributed by atoms with van der Waals surface area (Å²) >= 11 is 0. The molecule has 1 amide bonds. The first-order valence-electron chi connectivity index (χ1n) is 7.05. The maximum absolute atomic E-state index is 12.5. The molecule has 0 aromatic heterocycles. The molecule has 6 heteroatoms. The average molecular weight is 300 g/mol. The Morgan fingerprint density at radius 1 is 1.19 bits per heavy atom. The molecule has 0 aliphatic carbocycles. The predicted molar refractivity (Wildman–Crippen MR) is 73.5 cm³/mol. The number of halogens is 3. The predicted octanol–water partition coefficient (Wildman–Crippen LogP) is 2.58. The Morgan fingerprint density at radius 2 is 1.81 bits per heavy atom. The van der Waals surface area contributed by atoms with Gasteiger partial charge in [-0.05, 0) is 31.5 Å². The second-order valence-corrected chi connectivity index (χ2v) is 5.35. The van der Waals surface area contributed by atoms with E-state index >= 15 is 0 Å². The molecular weight excluding hydrogens is 281 g/mol. The largest absolute Gasteiger partial charge is 0.391 e. The molecule has 0 atom stereocenters. The van der Waals surface area contributed by atoms with Gasteiger partial charge in [-0.1, -0.05) is 30.3 Å². The molecule has 3 nitrogen and oxygen atoms in total. The molecule has 1 aliphatic rings. The van der Waals surface area contributed by atoms with Crippen molar-refractivity contribution in [3.8, 4) is 0 Å². The van der Waals surface area contributed by atoms with Gasteiger partial charge in [-0.3, -0.25) is 9.69 Å². The highest BCUT2D eigenvalue weighted by molar-refractivity contribution is 5.78. The lowest BCUT2D eigenvalue weighted by Gasteiger charge is -2.32. The summed E-state index contributed by atoms with van der Waals surface area (Å²) < 4.78 is 37.6. The Balaban J connectivity index is 1.70. The summed E-state index contributed by atoms with van der Waals surface area (Å²) in [5, 5.41) is 2.78. The number of nitrogens with zero attached hydrogens (tertiary/aromatic N) is 1. The van der Waals surface area contributed by atoms with Crippen LogP contribution in [0.1, 0.15) is 18.4 Å². The lowest BCUT2D eigenvalue weighted by atomic mass is 9.96. The third kappa shape index (κ3) is 5.04. The van der Waals surface area contributed by atoms with E-state index in [1.165, 1.54) is 0 Å². The van der Waals surface area contributed by atoms with E-state index < -0.39 is 12.1 Å². The second-order valence-electron chi connectivity index (χ2n) is 5.35. The van der Waals surface area contributed by atoms with E-state index in [9.17, 15) is 18.0 Å². The van der Waals surface area contributed by atoms with Gasteiger partial charge >= 0.3 is 6.18 Å². The number of amides is 1. The Hall–Kier alpha value is -1.56. The zero-order chi connectivity index (χ0) is 15.3. The monoisotopic (exact) mass is 300 g/mol. The molecule has 116 valence electrons. The number of hydrogen-bond acceptors (Lipinski definition) is 2. The van der Waals surface area contributed by atoms with Gasteiger partial charge in [0.2, 0.25) is 5.91 Å². The quantitative estimate of drug-likeness (QED) is 0.927. The topological polar surface area (TPSA) is 32.3 Å². The van der Waals surface area contributed by atoms with Crippen LogP contribution >= 0.6 is 0 Å². The van der Waals surface area contributed by atoms with Gasteiger partial charge in [-0.2, -0.15) is 13.2 Å². The molecule has 1 aromatic rings. The molecular formula is C15H19F3N2O. The number of likely N-dealkylation sites (tertiary alicyclic amines) is 1. The number of alkyl halides is 3. The van der Waals surface area contributed by atoms with Gasteiger partial charge in [0.15, 0.2) is 0 Å². The highest BCUT2D eigenvalue weighted by atomic mass is 19.4. The van der Waals surface area contributed by atoms with Gasteiger partial charge < -0.3 is 5.32 Å². The fourth-order valence-corrected chi connectivity index (χ4v) is 2.47. The third-order valence-electron chi connectivity index (χ3n) is 3.75. The molecule has 0 unspecified atom stereocenters. The molecule has 1 aliphatic heterocycles. The first-order valence-corrected chi connectivity index (χ1v) is 7.05. The number of piperidine rings is 1. The molecule has 1 N–H and O–H groups in total. The Morgan fingerprint density at radius 3 is 2.38 bits per heavy atom. The van der Waals surface area contributed by atoms with Crippen LogP contribution in [0.25, 0.3) is 0 Å². The summed E-state index contributed by atoms with van der Waals surface area (Å²) in [5.41, 5.74) is 1.00. The molecule has 21 heavy (non-hydrogen) atoms. The maximum Gasteiger partial charge on any atom is 0.391 e. The van der Waals surface area contributed by atoms with Gasteiger partial charge in [0.25, 0.3) is 0 Å². The number of hydrogen-bond donors (Lipinski definition) is 1. The van der Waals surface area contributed by atoms with E-state index in [2.05, 4.69) is 5.32 Å². The van der Waals surface area contributed by atoms with Crippen molar-refractivity contribution >= 4 is 5.91 Å². The van der Waals surface area contributed by atoms with Crippen molar-refractivity contribution in [1.29, 1.82) is 0 Å². The fraction of sp³-hybridized carbons (Fsp3) is 0.533. The zero-order valence-corrected chi connectivity index (χ0v) is 11.7. The minimum Gasteiger partial charge on any atom is -0.351 e. The summed E-state index contributed by atoms with van der Waals surface area (Å²) in [6.07, 6.45) is -3.95. The highest BCUT2D eigenvalue weighted by Gasteiger charge is 2.41. The van der Waals surface area contributed by atoms with Gasteiger partial charge in [0, 0.05) is 6.54 Å². The van der Waals surface area contributed by atoms with Crippen LogP contribution in [0, 0.1) is 5.92 Å². The smallest absolute Gasteiger partial charge is 0.351 e. The molecule has 0 saturated carbocycles. The van der Waals surface area contributed by atoms with E-state index in [4.69, 9.17) is 0 Å². The van der Waals surface area contributed by atoms with Crippen molar-refractivity contribution in [2.45, 2.75) is 25.6 Å². The highest BCUT2D eigenvalue weighted by Crippen LogP contribution is 2.33. The number of rotatable bonds is 4. The minimum atomic E-state index is -4.11. The molecule has 1 heterocycles. The van der Waals surface area contributed by atoms with Crippen molar-refractivity contribution < 1.29 is 18.0 Å². The van der Waals surface area contributed by atoms with Crippen molar-refractivity contribution in [3.05, 3.63) is 35.9 Å². The van der Waals surface area contributed by atoms with Crippen molar-refractivity contribution in [1.82, 2.24) is 10.2 Å². The maximum atomic E-state index is 12.5. The van der Waals surface area contributed by atoms with Crippen LogP contribution in [0.3, 0.4) is 0 Å². The first kappa shape index (κ1) is 15.8. The van der Waals surface area contributed by atoms with E-state index in [0.717, 1.165) is 5.56 Å². The molecule has 1 saturated heterocycles. The Labute approximate surface area is 122 Å². The molecule has 0 radical (unpaired) electrons. The van der Waals surface area contributed by atoms with E-state index in [-0.39, 0.29) is 25.3 Å². The van der Waals surface area contributed by atoms with Gasteiger partial charge in [-0.15, -0.1) is 0 Å². The lowest BCUT2D eigenvalue weighted by molar-refractivity contribution is -0.185. The third-order valence-corrected chi connectivity index (χ3v) is 3.75. The summed E-state index contributed by atoms with van der Waals surface area (Å²) in [4.78, 5) is 13.6. The summed E-state index contributed by atoms with van der Waals surface area (Å²) in [7, 11) is 0.